The Hall–Kier alpha value is -1.16. The molecule has 0 aromatic heterocycles. The number of ketones is 1. The van der Waals surface area contributed by atoms with E-state index >= 15 is 0 Å². The fourth-order valence-corrected chi connectivity index (χ4v) is 0.673. The van der Waals surface area contributed by atoms with Gasteiger partial charge in [0.15, 0.2) is 0 Å². The smallest absolute Gasteiger partial charge is 0.320 e. The van der Waals surface area contributed by atoms with Crippen LogP contribution in [0.1, 0.15) is 19.3 Å². The Morgan fingerprint density at radius 3 is 2.58 bits per heavy atom. The lowest BCUT2D eigenvalue weighted by Gasteiger charge is -2.03. The first-order valence-corrected chi connectivity index (χ1v) is 3.61. The lowest BCUT2D eigenvalue weighted by molar-refractivity contribution is -0.138. The SMILES string of the molecule is [CH]=CCC(=O)CC[C@H](N)C(=O)O. The van der Waals surface area contributed by atoms with E-state index in [1.807, 2.05) is 0 Å². The van der Waals surface area contributed by atoms with Crippen molar-refractivity contribution < 1.29 is 14.7 Å². The zero-order chi connectivity index (χ0) is 9.56. The summed E-state index contributed by atoms with van der Waals surface area (Å²) in [6, 6.07) is -0.952. The van der Waals surface area contributed by atoms with E-state index in [4.69, 9.17) is 17.4 Å². The van der Waals surface area contributed by atoms with Crippen LogP contribution in [-0.2, 0) is 9.59 Å². The van der Waals surface area contributed by atoms with E-state index in [9.17, 15) is 9.59 Å². The van der Waals surface area contributed by atoms with E-state index in [2.05, 4.69) is 0 Å². The maximum atomic E-state index is 10.8. The highest BCUT2D eigenvalue weighted by Gasteiger charge is 2.12. The van der Waals surface area contributed by atoms with Gasteiger partial charge in [-0.15, -0.1) is 0 Å². The molecule has 3 N–H and O–H groups in total. The second-order valence-electron chi connectivity index (χ2n) is 2.46. The summed E-state index contributed by atoms with van der Waals surface area (Å²) in [5, 5.41) is 8.36. The molecule has 0 saturated carbocycles. The van der Waals surface area contributed by atoms with E-state index in [0.29, 0.717) is 0 Å². The molecule has 12 heavy (non-hydrogen) atoms. The van der Waals surface area contributed by atoms with Crippen LogP contribution in [0, 0.1) is 6.58 Å². The van der Waals surface area contributed by atoms with Gasteiger partial charge in [-0.05, 0) is 6.42 Å². The molecule has 4 nitrogen and oxygen atoms in total. The van der Waals surface area contributed by atoms with Gasteiger partial charge in [0.1, 0.15) is 11.8 Å². The highest BCUT2D eigenvalue weighted by atomic mass is 16.4. The fraction of sp³-hybridized carbons (Fsp3) is 0.500. The largest absolute Gasteiger partial charge is 0.480 e. The van der Waals surface area contributed by atoms with Crippen molar-refractivity contribution in [3.05, 3.63) is 12.7 Å². The maximum Gasteiger partial charge on any atom is 0.320 e. The minimum absolute atomic E-state index is 0.0887. The number of hydrogen-bond donors (Lipinski definition) is 2. The highest BCUT2D eigenvalue weighted by Crippen LogP contribution is 1.98. The number of carboxylic acids is 1. The summed E-state index contributed by atoms with van der Waals surface area (Å²) in [5.74, 6) is -1.17. The predicted octanol–water partition coefficient (Wildman–Crippen LogP) is 0.127. The molecule has 0 bridgehead atoms. The van der Waals surface area contributed by atoms with Gasteiger partial charge in [-0.3, -0.25) is 9.59 Å². The minimum Gasteiger partial charge on any atom is -0.480 e. The first-order chi connectivity index (χ1) is 5.57. The zero-order valence-corrected chi connectivity index (χ0v) is 6.69. The summed E-state index contributed by atoms with van der Waals surface area (Å²) >= 11 is 0. The molecular weight excluding hydrogens is 158 g/mol. The van der Waals surface area contributed by atoms with Crippen molar-refractivity contribution in [1.29, 1.82) is 0 Å². The van der Waals surface area contributed by atoms with Crippen LogP contribution in [0.3, 0.4) is 0 Å². The standard InChI is InChI=1S/C8H12NO3/c1-2-3-6(10)4-5-7(9)8(11)12/h1-2,7H,3-5,9H2,(H,11,12)/t7-/m0/s1. The molecule has 0 aliphatic rings. The number of nitrogens with two attached hydrogens (primary N) is 1. The fourth-order valence-electron chi connectivity index (χ4n) is 0.673. The van der Waals surface area contributed by atoms with Crippen LogP contribution in [-0.4, -0.2) is 22.9 Å². The molecule has 0 aromatic carbocycles. The average Bonchev–Trinajstić information content (AvgIpc) is 2.00. The third-order valence-corrected chi connectivity index (χ3v) is 1.40. The van der Waals surface area contributed by atoms with Crippen molar-refractivity contribution in [2.75, 3.05) is 0 Å². The molecule has 0 fully saturated rings. The van der Waals surface area contributed by atoms with Crippen LogP contribution in [0.25, 0.3) is 0 Å². The number of aliphatic carboxylic acids is 1. The van der Waals surface area contributed by atoms with Gasteiger partial charge >= 0.3 is 5.97 Å². The molecule has 67 valence electrons. The molecule has 0 aliphatic carbocycles. The monoisotopic (exact) mass is 170 g/mol. The number of rotatable bonds is 6. The summed E-state index contributed by atoms with van der Waals surface area (Å²) in [7, 11) is 0. The average molecular weight is 170 g/mol. The molecule has 0 aliphatic heterocycles. The van der Waals surface area contributed by atoms with E-state index in [0.717, 1.165) is 0 Å². The van der Waals surface area contributed by atoms with Gasteiger partial charge in [0.25, 0.3) is 0 Å². The first-order valence-electron chi connectivity index (χ1n) is 3.61. The Kier molecular flexibility index (Phi) is 4.96. The lowest BCUT2D eigenvalue weighted by Crippen LogP contribution is -2.30. The third-order valence-electron chi connectivity index (χ3n) is 1.40. The number of carbonyl (C=O) groups excluding carboxylic acids is 1. The summed E-state index contributed by atoms with van der Waals surface area (Å²) in [6.07, 6.45) is 1.75. The van der Waals surface area contributed by atoms with Gasteiger partial charge in [-0.1, -0.05) is 12.7 Å². The van der Waals surface area contributed by atoms with E-state index in [-0.39, 0.29) is 25.0 Å². The van der Waals surface area contributed by atoms with Gasteiger partial charge in [0.2, 0.25) is 0 Å². The second kappa shape index (κ2) is 5.49. The lowest BCUT2D eigenvalue weighted by atomic mass is 10.1. The zero-order valence-electron chi connectivity index (χ0n) is 6.69. The summed E-state index contributed by atoms with van der Waals surface area (Å²) in [6.45, 7) is 5.00. The van der Waals surface area contributed by atoms with Gasteiger partial charge in [0, 0.05) is 12.8 Å². The molecule has 0 aromatic rings. The van der Waals surface area contributed by atoms with Crippen molar-refractivity contribution in [3.63, 3.8) is 0 Å². The van der Waals surface area contributed by atoms with Crippen LogP contribution in [0.5, 0.6) is 0 Å². The minimum atomic E-state index is -1.08. The number of hydrogen-bond acceptors (Lipinski definition) is 3. The van der Waals surface area contributed by atoms with Crippen molar-refractivity contribution in [3.8, 4) is 0 Å². The Bertz CT molecular complexity index is 189. The van der Waals surface area contributed by atoms with Crippen LogP contribution in [0.15, 0.2) is 6.08 Å². The molecule has 1 atom stereocenters. The van der Waals surface area contributed by atoms with Crippen LogP contribution < -0.4 is 5.73 Å². The molecule has 0 heterocycles. The van der Waals surface area contributed by atoms with Crippen LogP contribution >= 0.6 is 0 Å². The number of Topliss-reactive ketones (excluding diaryl/α,β-unsaturated/α-hetero) is 1. The van der Waals surface area contributed by atoms with Crippen molar-refractivity contribution in [1.82, 2.24) is 0 Å². The topological polar surface area (TPSA) is 80.4 Å². The first kappa shape index (κ1) is 10.8. The maximum absolute atomic E-state index is 10.8. The van der Waals surface area contributed by atoms with Crippen molar-refractivity contribution in [2.45, 2.75) is 25.3 Å². The van der Waals surface area contributed by atoms with E-state index in [1.165, 1.54) is 6.08 Å². The molecule has 0 unspecified atom stereocenters. The van der Waals surface area contributed by atoms with Gasteiger partial charge in [-0.25, -0.2) is 0 Å². The quantitative estimate of drug-likeness (QED) is 0.593. The Labute approximate surface area is 71.1 Å². The Balaban J connectivity index is 3.60. The van der Waals surface area contributed by atoms with Gasteiger partial charge in [0.05, 0.1) is 0 Å². The second-order valence-corrected chi connectivity index (χ2v) is 2.46. The summed E-state index contributed by atoms with van der Waals surface area (Å²) in [4.78, 5) is 21.0. The van der Waals surface area contributed by atoms with E-state index in [1.54, 1.807) is 0 Å². The predicted molar refractivity (Wildman–Crippen MR) is 43.3 cm³/mol. The third kappa shape index (κ3) is 4.62. The van der Waals surface area contributed by atoms with Crippen LogP contribution in [0.4, 0.5) is 0 Å². The van der Waals surface area contributed by atoms with E-state index < -0.39 is 12.0 Å². The summed E-state index contributed by atoms with van der Waals surface area (Å²) < 4.78 is 0. The van der Waals surface area contributed by atoms with Gasteiger partial charge < -0.3 is 10.8 Å². The molecule has 0 rings (SSSR count). The molecule has 0 spiro atoms. The highest BCUT2D eigenvalue weighted by molar-refractivity contribution is 5.81. The van der Waals surface area contributed by atoms with Crippen molar-refractivity contribution >= 4 is 11.8 Å². The Morgan fingerprint density at radius 1 is 1.58 bits per heavy atom. The van der Waals surface area contributed by atoms with Crippen LogP contribution in [0.2, 0.25) is 0 Å². The summed E-state index contributed by atoms with van der Waals surface area (Å²) in [5.41, 5.74) is 5.17. The molecule has 1 radical (unpaired) electrons. The molecule has 0 saturated heterocycles. The van der Waals surface area contributed by atoms with Crippen molar-refractivity contribution in [2.24, 2.45) is 5.73 Å². The molecule has 4 heteroatoms. The molecular formula is C8H12NO3. The molecule has 0 amide bonds. The van der Waals surface area contributed by atoms with Gasteiger partial charge in [-0.2, -0.15) is 0 Å². The normalized spacial score (nSPS) is 12.1. The number of allylic oxidation sites excluding steroid dienone is 1. The number of carboxylic acid groups (broad SMARTS) is 1. The number of carbonyl (C=O) groups is 2. The Morgan fingerprint density at radius 2 is 2.17 bits per heavy atom.